The van der Waals surface area contributed by atoms with Gasteiger partial charge in [0.05, 0.1) is 10.0 Å². The van der Waals surface area contributed by atoms with Crippen LogP contribution in [0.2, 0.25) is 10.0 Å². The Balaban J connectivity index is 2.14. The van der Waals surface area contributed by atoms with Gasteiger partial charge in [-0.05, 0) is 25.5 Å². The van der Waals surface area contributed by atoms with Crippen LogP contribution in [0.4, 0.5) is 0 Å². The van der Waals surface area contributed by atoms with Crippen molar-refractivity contribution >= 4 is 23.2 Å². The molecule has 2 heterocycles. The minimum absolute atomic E-state index is 0.298. The van der Waals surface area contributed by atoms with Gasteiger partial charge in [0.15, 0.2) is 0 Å². The molecule has 2 aromatic rings. The molecule has 0 aliphatic rings. The molecule has 7 heteroatoms. The first-order valence-corrected chi connectivity index (χ1v) is 7.56. The average molecular weight is 329 g/mol. The third-order valence-electron chi connectivity index (χ3n) is 3.07. The van der Waals surface area contributed by atoms with Gasteiger partial charge in [-0.25, -0.2) is 4.98 Å². The smallest absolute Gasteiger partial charge is 0.228 e. The Morgan fingerprint density at radius 2 is 2.10 bits per heavy atom. The van der Waals surface area contributed by atoms with Gasteiger partial charge in [0.25, 0.3) is 0 Å². The van der Waals surface area contributed by atoms with E-state index < -0.39 is 0 Å². The summed E-state index contributed by atoms with van der Waals surface area (Å²) in [6.07, 6.45) is 3.22. The first-order valence-electron chi connectivity index (χ1n) is 6.80. The van der Waals surface area contributed by atoms with Gasteiger partial charge in [0.1, 0.15) is 5.69 Å². The minimum atomic E-state index is 0.298. The number of hydrogen-bond donors (Lipinski definition) is 1. The molecule has 2 aromatic heterocycles. The van der Waals surface area contributed by atoms with E-state index in [-0.39, 0.29) is 0 Å². The molecule has 114 valence electrons. The van der Waals surface area contributed by atoms with E-state index in [2.05, 4.69) is 34.3 Å². The van der Waals surface area contributed by atoms with Crippen molar-refractivity contribution in [2.24, 2.45) is 5.92 Å². The Hall–Kier alpha value is -1.17. The quantitative estimate of drug-likeness (QED) is 0.877. The van der Waals surface area contributed by atoms with Crippen LogP contribution >= 0.6 is 23.2 Å². The van der Waals surface area contributed by atoms with Gasteiger partial charge >= 0.3 is 0 Å². The molecule has 0 aliphatic carbocycles. The van der Waals surface area contributed by atoms with Crippen LogP contribution in [0.5, 0.6) is 0 Å². The number of likely N-dealkylation sites (N-methyl/N-ethyl adjacent to an activating group) is 1. The van der Waals surface area contributed by atoms with E-state index in [1.165, 1.54) is 6.20 Å². The van der Waals surface area contributed by atoms with E-state index in [0.717, 1.165) is 6.42 Å². The summed E-state index contributed by atoms with van der Waals surface area (Å²) in [4.78, 5) is 8.50. The average Bonchev–Trinajstić information content (AvgIpc) is 2.85. The lowest BCUT2D eigenvalue weighted by molar-refractivity contribution is 0.345. The fraction of sp³-hybridized carbons (Fsp3) is 0.500. The molecule has 0 saturated heterocycles. The van der Waals surface area contributed by atoms with Gasteiger partial charge in [-0.15, -0.1) is 0 Å². The molecule has 1 unspecified atom stereocenters. The zero-order valence-electron chi connectivity index (χ0n) is 12.2. The van der Waals surface area contributed by atoms with Crippen LogP contribution in [-0.4, -0.2) is 28.2 Å². The highest BCUT2D eigenvalue weighted by atomic mass is 35.5. The maximum Gasteiger partial charge on any atom is 0.228 e. The van der Waals surface area contributed by atoms with Gasteiger partial charge in [-0.2, -0.15) is 4.98 Å². The second-order valence-corrected chi connectivity index (χ2v) is 6.16. The topological polar surface area (TPSA) is 63.8 Å². The monoisotopic (exact) mass is 328 g/mol. The maximum absolute atomic E-state index is 6.09. The molecule has 2 rings (SSSR count). The largest absolute Gasteiger partial charge is 0.339 e. The Morgan fingerprint density at radius 1 is 1.33 bits per heavy atom. The number of rotatable bonds is 6. The summed E-state index contributed by atoms with van der Waals surface area (Å²) >= 11 is 11.9. The van der Waals surface area contributed by atoms with Crippen molar-refractivity contribution in [1.82, 2.24) is 20.4 Å². The van der Waals surface area contributed by atoms with E-state index in [9.17, 15) is 0 Å². The zero-order valence-corrected chi connectivity index (χ0v) is 13.7. The first-order chi connectivity index (χ1) is 9.99. The summed E-state index contributed by atoms with van der Waals surface area (Å²) < 4.78 is 5.29. The molecule has 0 aliphatic heterocycles. The van der Waals surface area contributed by atoms with Crippen LogP contribution in [-0.2, 0) is 6.42 Å². The lowest BCUT2D eigenvalue weighted by Gasteiger charge is -2.15. The van der Waals surface area contributed by atoms with E-state index >= 15 is 0 Å². The van der Waals surface area contributed by atoms with E-state index in [1.54, 1.807) is 6.07 Å². The van der Waals surface area contributed by atoms with Crippen LogP contribution in [0, 0.1) is 5.92 Å². The summed E-state index contributed by atoms with van der Waals surface area (Å²) in [6, 6.07) is 1.91. The Labute approximate surface area is 134 Å². The Bertz CT molecular complexity index is 600. The SMILES string of the molecule is CNC(Cc1nc(-c2ncc(Cl)cc2Cl)no1)CC(C)C. The third-order valence-corrected chi connectivity index (χ3v) is 3.57. The molecular weight excluding hydrogens is 311 g/mol. The first kappa shape index (κ1) is 16.2. The molecule has 21 heavy (non-hydrogen) atoms. The molecule has 0 aromatic carbocycles. The lowest BCUT2D eigenvalue weighted by atomic mass is 10.0. The highest BCUT2D eigenvalue weighted by Gasteiger charge is 2.17. The number of nitrogens with one attached hydrogen (secondary N) is 1. The van der Waals surface area contributed by atoms with E-state index in [1.807, 2.05) is 7.05 Å². The number of nitrogens with zero attached hydrogens (tertiary/aromatic N) is 3. The van der Waals surface area contributed by atoms with Crippen molar-refractivity contribution in [3.63, 3.8) is 0 Å². The molecule has 1 N–H and O–H groups in total. The van der Waals surface area contributed by atoms with Crippen molar-refractivity contribution in [3.05, 3.63) is 28.2 Å². The molecule has 0 bridgehead atoms. The Kier molecular flexibility index (Phi) is 5.56. The van der Waals surface area contributed by atoms with Crippen molar-refractivity contribution in [2.45, 2.75) is 32.7 Å². The Morgan fingerprint density at radius 3 is 2.71 bits per heavy atom. The molecule has 5 nitrogen and oxygen atoms in total. The zero-order chi connectivity index (χ0) is 15.4. The predicted molar refractivity (Wildman–Crippen MR) is 83.6 cm³/mol. The molecule has 0 saturated carbocycles. The van der Waals surface area contributed by atoms with Crippen LogP contribution < -0.4 is 5.32 Å². The van der Waals surface area contributed by atoms with Crippen molar-refractivity contribution in [2.75, 3.05) is 7.05 Å². The molecule has 1 atom stereocenters. The molecule has 0 fully saturated rings. The second kappa shape index (κ2) is 7.20. The highest BCUT2D eigenvalue weighted by molar-refractivity contribution is 6.35. The normalized spacial score (nSPS) is 12.9. The fourth-order valence-corrected chi connectivity index (χ4v) is 2.56. The number of aromatic nitrogens is 3. The van der Waals surface area contributed by atoms with Gasteiger partial charge in [0, 0.05) is 18.7 Å². The number of hydrogen-bond acceptors (Lipinski definition) is 5. The summed E-state index contributed by atoms with van der Waals surface area (Å²) in [5, 5.41) is 8.08. The van der Waals surface area contributed by atoms with E-state index in [0.29, 0.717) is 45.8 Å². The van der Waals surface area contributed by atoms with Gasteiger partial charge in [-0.1, -0.05) is 42.2 Å². The predicted octanol–water partition coefficient (Wildman–Crippen LogP) is 3.62. The number of halogens is 2. The fourth-order valence-electron chi connectivity index (χ4n) is 2.10. The number of pyridine rings is 1. The van der Waals surface area contributed by atoms with Gasteiger partial charge in [-0.3, -0.25) is 0 Å². The van der Waals surface area contributed by atoms with Crippen LogP contribution in [0.15, 0.2) is 16.8 Å². The van der Waals surface area contributed by atoms with Crippen LogP contribution in [0.3, 0.4) is 0 Å². The van der Waals surface area contributed by atoms with Crippen molar-refractivity contribution in [1.29, 1.82) is 0 Å². The standard InChI is InChI=1S/C14H18Cl2N4O/c1-8(2)4-10(17-3)6-12-19-14(20-21-12)13-11(16)5-9(15)7-18-13/h5,7-8,10,17H,4,6H2,1-3H3. The maximum atomic E-state index is 6.09. The summed E-state index contributed by atoms with van der Waals surface area (Å²) in [5.74, 6) is 1.54. The molecule has 0 amide bonds. The van der Waals surface area contributed by atoms with Crippen molar-refractivity contribution < 1.29 is 4.52 Å². The summed E-state index contributed by atoms with van der Waals surface area (Å²) in [7, 11) is 1.93. The summed E-state index contributed by atoms with van der Waals surface area (Å²) in [5.41, 5.74) is 0.473. The van der Waals surface area contributed by atoms with Crippen LogP contribution in [0.25, 0.3) is 11.5 Å². The molecular formula is C14H18Cl2N4O. The minimum Gasteiger partial charge on any atom is -0.339 e. The van der Waals surface area contributed by atoms with Crippen LogP contribution in [0.1, 0.15) is 26.2 Å². The van der Waals surface area contributed by atoms with Gasteiger partial charge < -0.3 is 9.84 Å². The molecule has 0 radical (unpaired) electrons. The van der Waals surface area contributed by atoms with Crippen molar-refractivity contribution in [3.8, 4) is 11.5 Å². The third kappa shape index (κ3) is 4.40. The van der Waals surface area contributed by atoms with E-state index in [4.69, 9.17) is 27.7 Å². The van der Waals surface area contributed by atoms with Gasteiger partial charge in [0.2, 0.25) is 11.7 Å². The summed E-state index contributed by atoms with van der Waals surface area (Å²) in [6.45, 7) is 4.36. The highest BCUT2D eigenvalue weighted by Crippen LogP contribution is 2.26. The lowest BCUT2D eigenvalue weighted by Crippen LogP contribution is -2.29. The second-order valence-electron chi connectivity index (χ2n) is 5.31. The molecule has 0 spiro atoms.